The van der Waals surface area contributed by atoms with Gasteiger partial charge in [-0.05, 0) is 24.3 Å². The summed E-state index contributed by atoms with van der Waals surface area (Å²) < 4.78 is 32.1. The molecule has 0 aliphatic rings. The standard InChI is InChI=1S/C14H12F2N2O2/c15-11-5-8(14(18)19)1-2-9(11)7-20-10-3-4-13(17)12(16)6-10/h1-6H,7,17H2,(H2,18,19). The lowest BCUT2D eigenvalue weighted by Gasteiger charge is -2.08. The fourth-order valence-corrected chi connectivity index (χ4v) is 1.58. The molecular formula is C14H12F2N2O2. The minimum atomic E-state index is -0.711. The molecule has 0 aliphatic carbocycles. The lowest BCUT2D eigenvalue weighted by atomic mass is 10.1. The highest BCUT2D eigenvalue weighted by atomic mass is 19.1. The number of hydrogen-bond donors (Lipinski definition) is 2. The maximum Gasteiger partial charge on any atom is 0.248 e. The monoisotopic (exact) mass is 278 g/mol. The summed E-state index contributed by atoms with van der Waals surface area (Å²) in [5.74, 6) is -1.70. The molecule has 0 saturated heterocycles. The minimum absolute atomic E-state index is 0.00865. The Morgan fingerprint density at radius 2 is 1.85 bits per heavy atom. The predicted molar refractivity (Wildman–Crippen MR) is 70.1 cm³/mol. The lowest BCUT2D eigenvalue weighted by Crippen LogP contribution is -2.11. The maximum absolute atomic E-state index is 13.7. The van der Waals surface area contributed by atoms with Crippen molar-refractivity contribution in [2.75, 3.05) is 5.73 Å². The predicted octanol–water partition coefficient (Wildman–Crippen LogP) is 2.22. The molecule has 0 aliphatic heterocycles. The van der Waals surface area contributed by atoms with Crippen molar-refractivity contribution in [2.24, 2.45) is 5.73 Å². The molecule has 2 rings (SSSR count). The van der Waals surface area contributed by atoms with Crippen molar-refractivity contribution in [3.8, 4) is 5.75 Å². The highest BCUT2D eigenvalue weighted by Crippen LogP contribution is 2.20. The molecule has 6 heteroatoms. The number of amides is 1. The molecule has 0 bridgehead atoms. The molecule has 4 nitrogen and oxygen atoms in total. The zero-order valence-electron chi connectivity index (χ0n) is 10.4. The summed E-state index contributed by atoms with van der Waals surface area (Å²) in [7, 11) is 0. The van der Waals surface area contributed by atoms with Gasteiger partial charge in [0.2, 0.25) is 5.91 Å². The van der Waals surface area contributed by atoms with Gasteiger partial charge in [0, 0.05) is 17.2 Å². The first-order valence-electron chi connectivity index (χ1n) is 5.73. The average molecular weight is 278 g/mol. The summed E-state index contributed by atoms with van der Waals surface area (Å²) in [6.07, 6.45) is 0. The van der Waals surface area contributed by atoms with Gasteiger partial charge in [-0.15, -0.1) is 0 Å². The number of carbonyl (C=O) groups excluding carboxylic acids is 1. The van der Waals surface area contributed by atoms with E-state index in [1.807, 2.05) is 0 Å². The molecular weight excluding hydrogens is 266 g/mol. The lowest BCUT2D eigenvalue weighted by molar-refractivity contribution is 0.0999. The first-order valence-corrected chi connectivity index (χ1v) is 5.73. The van der Waals surface area contributed by atoms with Crippen LogP contribution in [0.3, 0.4) is 0 Å². The van der Waals surface area contributed by atoms with Crippen LogP contribution in [0.15, 0.2) is 36.4 Å². The summed E-state index contributed by atoms with van der Waals surface area (Å²) in [6, 6.07) is 7.78. The van der Waals surface area contributed by atoms with Crippen molar-refractivity contribution in [2.45, 2.75) is 6.61 Å². The molecule has 1 amide bonds. The average Bonchev–Trinajstić information content (AvgIpc) is 2.41. The van der Waals surface area contributed by atoms with E-state index in [2.05, 4.69) is 0 Å². The molecule has 0 saturated carbocycles. The number of primary amides is 1. The van der Waals surface area contributed by atoms with Crippen LogP contribution in [0.5, 0.6) is 5.75 Å². The van der Waals surface area contributed by atoms with Crippen LogP contribution in [0.25, 0.3) is 0 Å². The number of anilines is 1. The summed E-state index contributed by atoms with van der Waals surface area (Å²) >= 11 is 0. The van der Waals surface area contributed by atoms with Crippen LogP contribution in [-0.2, 0) is 6.61 Å². The second kappa shape index (κ2) is 5.56. The summed E-state index contributed by atoms with van der Waals surface area (Å²) in [6.45, 7) is -0.103. The Morgan fingerprint density at radius 1 is 1.10 bits per heavy atom. The van der Waals surface area contributed by atoms with Crippen molar-refractivity contribution in [1.82, 2.24) is 0 Å². The van der Waals surface area contributed by atoms with Crippen LogP contribution in [0.2, 0.25) is 0 Å². The number of nitrogen functional groups attached to an aromatic ring is 1. The van der Waals surface area contributed by atoms with Gasteiger partial charge in [0.25, 0.3) is 0 Å². The number of ether oxygens (including phenoxy) is 1. The van der Waals surface area contributed by atoms with E-state index in [0.29, 0.717) is 0 Å². The van der Waals surface area contributed by atoms with Gasteiger partial charge in [-0.3, -0.25) is 4.79 Å². The van der Waals surface area contributed by atoms with Crippen LogP contribution in [0.1, 0.15) is 15.9 Å². The van der Waals surface area contributed by atoms with Gasteiger partial charge in [0.1, 0.15) is 24.0 Å². The van der Waals surface area contributed by atoms with E-state index in [1.165, 1.54) is 24.3 Å². The Hall–Kier alpha value is -2.63. The topological polar surface area (TPSA) is 78.3 Å². The number of halogens is 2. The fraction of sp³-hybridized carbons (Fsp3) is 0.0714. The molecule has 20 heavy (non-hydrogen) atoms. The fourth-order valence-electron chi connectivity index (χ4n) is 1.58. The molecule has 0 radical (unpaired) electrons. The van der Waals surface area contributed by atoms with Gasteiger partial charge in [-0.1, -0.05) is 6.07 Å². The van der Waals surface area contributed by atoms with Crippen molar-refractivity contribution < 1.29 is 18.3 Å². The van der Waals surface area contributed by atoms with E-state index in [4.69, 9.17) is 16.2 Å². The summed E-state index contributed by atoms with van der Waals surface area (Å²) in [5, 5.41) is 0. The second-order valence-corrected chi connectivity index (χ2v) is 4.14. The highest BCUT2D eigenvalue weighted by Gasteiger charge is 2.08. The number of carbonyl (C=O) groups is 1. The number of hydrogen-bond acceptors (Lipinski definition) is 3. The third-order valence-corrected chi connectivity index (χ3v) is 2.70. The van der Waals surface area contributed by atoms with Gasteiger partial charge in [0.15, 0.2) is 0 Å². The second-order valence-electron chi connectivity index (χ2n) is 4.14. The first kappa shape index (κ1) is 13.8. The molecule has 0 aromatic heterocycles. The largest absolute Gasteiger partial charge is 0.489 e. The highest BCUT2D eigenvalue weighted by molar-refractivity contribution is 5.92. The number of benzene rings is 2. The Balaban J connectivity index is 2.10. The number of nitrogens with two attached hydrogens (primary N) is 2. The van der Waals surface area contributed by atoms with Gasteiger partial charge in [0.05, 0.1) is 5.69 Å². The molecule has 104 valence electrons. The zero-order valence-corrected chi connectivity index (χ0v) is 10.4. The van der Waals surface area contributed by atoms with Crippen LogP contribution in [0, 0.1) is 11.6 Å². The molecule has 2 aromatic rings. The third-order valence-electron chi connectivity index (χ3n) is 2.70. The molecule has 0 atom stereocenters. The Kier molecular flexibility index (Phi) is 3.84. The first-order chi connectivity index (χ1) is 9.47. The van der Waals surface area contributed by atoms with E-state index in [0.717, 1.165) is 12.1 Å². The van der Waals surface area contributed by atoms with Crippen LogP contribution >= 0.6 is 0 Å². The molecule has 2 aromatic carbocycles. The van der Waals surface area contributed by atoms with Gasteiger partial charge in [-0.25, -0.2) is 8.78 Å². The summed E-state index contributed by atoms with van der Waals surface area (Å²) in [5.41, 5.74) is 10.7. The van der Waals surface area contributed by atoms with Gasteiger partial charge < -0.3 is 16.2 Å². The smallest absolute Gasteiger partial charge is 0.248 e. The molecule has 0 fully saturated rings. The van der Waals surface area contributed by atoms with E-state index in [-0.39, 0.29) is 29.2 Å². The van der Waals surface area contributed by atoms with Crippen molar-refractivity contribution in [3.63, 3.8) is 0 Å². The third kappa shape index (κ3) is 3.03. The SMILES string of the molecule is NC(=O)c1ccc(COc2ccc(N)c(F)c2)c(F)c1. The van der Waals surface area contributed by atoms with E-state index in [9.17, 15) is 13.6 Å². The summed E-state index contributed by atoms with van der Waals surface area (Å²) in [4.78, 5) is 10.9. The normalized spacial score (nSPS) is 10.3. The van der Waals surface area contributed by atoms with Crippen LogP contribution in [0.4, 0.5) is 14.5 Å². The molecule has 4 N–H and O–H groups in total. The minimum Gasteiger partial charge on any atom is -0.489 e. The van der Waals surface area contributed by atoms with E-state index in [1.54, 1.807) is 0 Å². The quantitative estimate of drug-likeness (QED) is 0.842. The van der Waals surface area contributed by atoms with Crippen LogP contribution in [-0.4, -0.2) is 5.91 Å². The molecule has 0 spiro atoms. The Labute approximate surface area is 114 Å². The number of rotatable bonds is 4. The van der Waals surface area contributed by atoms with Crippen molar-refractivity contribution in [1.29, 1.82) is 0 Å². The van der Waals surface area contributed by atoms with Crippen LogP contribution < -0.4 is 16.2 Å². The van der Waals surface area contributed by atoms with Crippen molar-refractivity contribution >= 4 is 11.6 Å². The zero-order chi connectivity index (χ0) is 14.7. The van der Waals surface area contributed by atoms with E-state index < -0.39 is 17.5 Å². The Morgan fingerprint density at radius 3 is 2.45 bits per heavy atom. The molecule has 0 heterocycles. The van der Waals surface area contributed by atoms with Crippen molar-refractivity contribution in [3.05, 3.63) is 59.2 Å². The van der Waals surface area contributed by atoms with Gasteiger partial charge >= 0.3 is 0 Å². The van der Waals surface area contributed by atoms with E-state index >= 15 is 0 Å². The molecule has 0 unspecified atom stereocenters. The maximum atomic E-state index is 13.7. The Bertz CT molecular complexity index is 660. The van der Waals surface area contributed by atoms with Gasteiger partial charge in [-0.2, -0.15) is 0 Å².